The van der Waals surface area contributed by atoms with E-state index in [1.165, 1.54) is 12.1 Å². The van der Waals surface area contributed by atoms with Crippen molar-refractivity contribution in [1.29, 1.82) is 0 Å². The first kappa shape index (κ1) is 14.1. The smallest absolute Gasteiger partial charge is 0.225 e. The Hall–Kier alpha value is -0.940. The molecule has 0 aliphatic carbocycles. The van der Waals surface area contributed by atoms with Gasteiger partial charge < -0.3 is 10.6 Å². The molecular formula is C12H16BrFN2O. The molecule has 0 saturated carbocycles. The Kier molecular flexibility index (Phi) is 5.58. The Morgan fingerprint density at radius 3 is 2.82 bits per heavy atom. The molecule has 0 radical (unpaired) electrons. The van der Waals surface area contributed by atoms with Gasteiger partial charge in [0, 0.05) is 23.5 Å². The predicted octanol–water partition coefficient (Wildman–Crippen LogP) is 2.91. The lowest BCUT2D eigenvalue weighted by molar-refractivity contribution is -0.116. The minimum absolute atomic E-state index is 0.135. The zero-order valence-corrected chi connectivity index (χ0v) is 11.5. The summed E-state index contributed by atoms with van der Waals surface area (Å²) < 4.78 is 13.6. The Balaban J connectivity index is 2.47. The Morgan fingerprint density at radius 1 is 1.47 bits per heavy atom. The monoisotopic (exact) mass is 302 g/mol. The number of anilines is 1. The van der Waals surface area contributed by atoms with Crippen molar-refractivity contribution in [3.8, 4) is 0 Å². The highest BCUT2D eigenvalue weighted by molar-refractivity contribution is 9.10. The molecule has 0 aromatic heterocycles. The maximum Gasteiger partial charge on any atom is 0.225 e. The van der Waals surface area contributed by atoms with Crippen LogP contribution in [0.4, 0.5) is 10.1 Å². The molecule has 1 amide bonds. The van der Waals surface area contributed by atoms with E-state index in [4.69, 9.17) is 0 Å². The summed E-state index contributed by atoms with van der Waals surface area (Å²) in [7, 11) is 0. The van der Waals surface area contributed by atoms with Crippen LogP contribution >= 0.6 is 15.9 Å². The number of nitrogens with one attached hydrogen (secondary N) is 2. The first-order chi connectivity index (χ1) is 7.99. The lowest BCUT2D eigenvalue weighted by atomic mass is 10.3. The van der Waals surface area contributed by atoms with Crippen molar-refractivity contribution in [2.24, 2.45) is 0 Å². The predicted molar refractivity (Wildman–Crippen MR) is 70.5 cm³/mol. The van der Waals surface area contributed by atoms with Crippen LogP contribution in [-0.2, 0) is 4.79 Å². The zero-order valence-electron chi connectivity index (χ0n) is 9.89. The van der Waals surface area contributed by atoms with Gasteiger partial charge in [-0.15, -0.1) is 0 Å². The van der Waals surface area contributed by atoms with E-state index >= 15 is 0 Å². The molecule has 0 saturated heterocycles. The molecule has 0 aliphatic heterocycles. The van der Waals surface area contributed by atoms with Gasteiger partial charge in [0.05, 0.1) is 5.69 Å². The molecule has 17 heavy (non-hydrogen) atoms. The van der Waals surface area contributed by atoms with Crippen LogP contribution in [0.1, 0.15) is 20.3 Å². The molecule has 1 rings (SSSR count). The van der Waals surface area contributed by atoms with E-state index in [9.17, 15) is 9.18 Å². The van der Waals surface area contributed by atoms with Crippen LogP contribution in [0.3, 0.4) is 0 Å². The molecule has 3 nitrogen and oxygen atoms in total. The largest absolute Gasteiger partial charge is 0.325 e. The van der Waals surface area contributed by atoms with Gasteiger partial charge in [-0.25, -0.2) is 4.39 Å². The minimum atomic E-state index is -0.371. The number of carbonyl (C=O) groups is 1. The van der Waals surface area contributed by atoms with Gasteiger partial charge in [0.15, 0.2) is 0 Å². The molecule has 0 heterocycles. The van der Waals surface area contributed by atoms with E-state index in [0.29, 0.717) is 29.2 Å². The summed E-state index contributed by atoms with van der Waals surface area (Å²) in [5.74, 6) is -0.506. The summed E-state index contributed by atoms with van der Waals surface area (Å²) in [6.45, 7) is 4.64. The van der Waals surface area contributed by atoms with Crippen molar-refractivity contribution in [1.82, 2.24) is 5.32 Å². The quantitative estimate of drug-likeness (QED) is 0.878. The van der Waals surface area contributed by atoms with Crippen LogP contribution in [0.25, 0.3) is 0 Å². The SMILES string of the molecule is CC(C)NCCC(=O)Nc1cc(F)ccc1Br. The standard InChI is InChI=1S/C12H16BrFN2O/c1-8(2)15-6-5-12(17)16-11-7-9(14)3-4-10(11)13/h3-4,7-8,15H,5-6H2,1-2H3,(H,16,17). The third-order valence-electron chi connectivity index (χ3n) is 2.11. The van der Waals surface area contributed by atoms with Crippen molar-refractivity contribution in [3.63, 3.8) is 0 Å². The molecule has 5 heteroatoms. The summed E-state index contributed by atoms with van der Waals surface area (Å²) in [5, 5.41) is 5.80. The number of carbonyl (C=O) groups excluding carboxylic acids is 1. The molecule has 1 aromatic rings. The molecule has 0 unspecified atom stereocenters. The highest BCUT2D eigenvalue weighted by Crippen LogP contribution is 2.22. The summed E-state index contributed by atoms with van der Waals surface area (Å²) in [5.41, 5.74) is 0.458. The van der Waals surface area contributed by atoms with Gasteiger partial charge in [-0.2, -0.15) is 0 Å². The van der Waals surface area contributed by atoms with E-state index in [-0.39, 0.29) is 11.7 Å². The van der Waals surface area contributed by atoms with Crippen molar-refractivity contribution >= 4 is 27.5 Å². The lowest BCUT2D eigenvalue weighted by Gasteiger charge is -2.09. The Bertz CT molecular complexity index is 396. The van der Waals surface area contributed by atoms with Crippen LogP contribution in [0.15, 0.2) is 22.7 Å². The second-order valence-corrected chi connectivity index (χ2v) is 4.89. The second kappa shape index (κ2) is 6.71. The third-order valence-corrected chi connectivity index (χ3v) is 2.80. The second-order valence-electron chi connectivity index (χ2n) is 4.03. The van der Waals surface area contributed by atoms with Gasteiger partial charge in [-0.1, -0.05) is 13.8 Å². The molecule has 0 aliphatic rings. The van der Waals surface area contributed by atoms with Crippen LogP contribution < -0.4 is 10.6 Å². The van der Waals surface area contributed by atoms with Crippen molar-refractivity contribution in [3.05, 3.63) is 28.5 Å². The fourth-order valence-corrected chi connectivity index (χ4v) is 1.63. The third kappa shape index (κ3) is 5.28. The molecule has 1 aromatic carbocycles. The highest BCUT2D eigenvalue weighted by atomic mass is 79.9. The Labute approximate surface area is 109 Å². The fourth-order valence-electron chi connectivity index (χ4n) is 1.28. The number of amides is 1. The van der Waals surface area contributed by atoms with E-state index in [0.717, 1.165) is 0 Å². The summed E-state index contributed by atoms with van der Waals surface area (Å²) in [4.78, 5) is 11.6. The molecular weight excluding hydrogens is 287 g/mol. The van der Waals surface area contributed by atoms with Crippen molar-refractivity contribution in [2.45, 2.75) is 26.3 Å². The van der Waals surface area contributed by atoms with Crippen molar-refractivity contribution in [2.75, 3.05) is 11.9 Å². The molecule has 0 atom stereocenters. The van der Waals surface area contributed by atoms with Gasteiger partial charge in [-0.3, -0.25) is 4.79 Å². The fraction of sp³-hybridized carbons (Fsp3) is 0.417. The van der Waals surface area contributed by atoms with Crippen LogP contribution in [0.5, 0.6) is 0 Å². The zero-order chi connectivity index (χ0) is 12.8. The van der Waals surface area contributed by atoms with Gasteiger partial charge >= 0.3 is 0 Å². The molecule has 94 valence electrons. The van der Waals surface area contributed by atoms with Gasteiger partial charge in [0.1, 0.15) is 5.82 Å². The number of hydrogen-bond acceptors (Lipinski definition) is 2. The normalized spacial score (nSPS) is 10.6. The average molecular weight is 303 g/mol. The van der Waals surface area contributed by atoms with Gasteiger partial charge in [0.25, 0.3) is 0 Å². The molecule has 0 spiro atoms. The van der Waals surface area contributed by atoms with E-state index in [1.54, 1.807) is 6.07 Å². The summed E-state index contributed by atoms with van der Waals surface area (Å²) in [6.07, 6.45) is 0.362. The lowest BCUT2D eigenvalue weighted by Crippen LogP contribution is -2.27. The number of benzene rings is 1. The van der Waals surface area contributed by atoms with E-state index in [2.05, 4.69) is 26.6 Å². The van der Waals surface area contributed by atoms with Crippen molar-refractivity contribution < 1.29 is 9.18 Å². The molecule has 0 fully saturated rings. The van der Waals surface area contributed by atoms with Gasteiger partial charge in [0.2, 0.25) is 5.91 Å². The van der Waals surface area contributed by atoms with Crippen LogP contribution in [0, 0.1) is 5.82 Å². The number of rotatable bonds is 5. The first-order valence-electron chi connectivity index (χ1n) is 5.47. The summed E-state index contributed by atoms with van der Waals surface area (Å²) in [6, 6.07) is 4.54. The van der Waals surface area contributed by atoms with E-state index in [1.807, 2.05) is 13.8 Å². The topological polar surface area (TPSA) is 41.1 Å². The maximum absolute atomic E-state index is 13.0. The maximum atomic E-state index is 13.0. The number of hydrogen-bond donors (Lipinski definition) is 2. The van der Waals surface area contributed by atoms with E-state index < -0.39 is 0 Å². The molecule has 2 N–H and O–H groups in total. The number of halogens is 2. The highest BCUT2D eigenvalue weighted by Gasteiger charge is 2.06. The Morgan fingerprint density at radius 2 is 2.18 bits per heavy atom. The first-order valence-corrected chi connectivity index (χ1v) is 6.26. The average Bonchev–Trinajstić information content (AvgIpc) is 2.23. The molecule has 0 bridgehead atoms. The van der Waals surface area contributed by atoms with Crippen LogP contribution in [-0.4, -0.2) is 18.5 Å². The summed E-state index contributed by atoms with van der Waals surface area (Å²) >= 11 is 3.25. The van der Waals surface area contributed by atoms with Crippen LogP contribution in [0.2, 0.25) is 0 Å². The van der Waals surface area contributed by atoms with Gasteiger partial charge in [-0.05, 0) is 34.1 Å². The minimum Gasteiger partial charge on any atom is -0.325 e.